The van der Waals surface area contributed by atoms with Crippen molar-refractivity contribution in [3.8, 4) is 11.1 Å². The van der Waals surface area contributed by atoms with Crippen molar-refractivity contribution in [2.24, 2.45) is 5.92 Å². The average Bonchev–Trinajstić information content (AvgIpc) is 3.44. The summed E-state index contributed by atoms with van der Waals surface area (Å²) >= 11 is 0. The van der Waals surface area contributed by atoms with Crippen LogP contribution in [0.25, 0.3) is 33.1 Å². The maximum Gasteiger partial charge on any atom is 0.141 e. The van der Waals surface area contributed by atoms with Gasteiger partial charge in [0.1, 0.15) is 11.4 Å². The summed E-state index contributed by atoms with van der Waals surface area (Å²) in [6, 6.07) is 19.3. The van der Waals surface area contributed by atoms with Crippen LogP contribution < -0.4 is 0 Å². The molecule has 7 nitrogen and oxygen atoms in total. The number of pyridine rings is 1. The third-order valence-corrected chi connectivity index (χ3v) is 8.31. The maximum atomic E-state index is 11.2. The van der Waals surface area contributed by atoms with E-state index < -0.39 is 5.60 Å². The number of hydrogen-bond acceptors (Lipinski definition) is 6. The molecule has 1 atom stereocenters. The second kappa shape index (κ2) is 9.05. The summed E-state index contributed by atoms with van der Waals surface area (Å²) in [5.74, 6) is 1.18. The summed E-state index contributed by atoms with van der Waals surface area (Å²) in [5, 5.41) is 16.4. The minimum absolute atomic E-state index is 0.0874. The molecule has 194 valence electrons. The molecule has 0 bridgehead atoms. The lowest BCUT2D eigenvalue weighted by Gasteiger charge is -2.37. The lowest BCUT2D eigenvalue weighted by molar-refractivity contribution is -0.184. The van der Waals surface area contributed by atoms with Gasteiger partial charge in [0.05, 0.1) is 41.5 Å². The first-order chi connectivity index (χ1) is 18.5. The Morgan fingerprint density at radius 2 is 1.76 bits per heavy atom. The second-order valence-corrected chi connectivity index (χ2v) is 10.7. The molecule has 0 spiro atoms. The van der Waals surface area contributed by atoms with Crippen LogP contribution in [0.2, 0.25) is 0 Å². The van der Waals surface area contributed by atoms with E-state index in [2.05, 4.69) is 58.3 Å². The molecule has 38 heavy (non-hydrogen) atoms. The van der Waals surface area contributed by atoms with Gasteiger partial charge in [-0.05, 0) is 55.9 Å². The summed E-state index contributed by atoms with van der Waals surface area (Å²) in [6.45, 7) is 6.06. The van der Waals surface area contributed by atoms with Crippen LogP contribution in [0.1, 0.15) is 41.5 Å². The van der Waals surface area contributed by atoms with E-state index in [4.69, 9.17) is 19.0 Å². The number of aliphatic hydroxyl groups is 1. The topological polar surface area (TPSA) is 82.5 Å². The van der Waals surface area contributed by atoms with Crippen LogP contribution >= 0.6 is 0 Å². The van der Waals surface area contributed by atoms with Crippen LogP contribution in [0.4, 0.5) is 0 Å². The van der Waals surface area contributed by atoms with Crippen LogP contribution in [0.3, 0.4) is 0 Å². The van der Waals surface area contributed by atoms with E-state index in [0.717, 1.165) is 76.1 Å². The molecule has 2 saturated heterocycles. The SMILES string of the molecule is Cc1noc(C)c1-c1cnc2c3ccc(C4(O)COC4)cc3n(C(c3ccccc3)C3CCOCC3)c2c1. The first kappa shape index (κ1) is 23.6. The number of ether oxygens (including phenoxy) is 2. The summed E-state index contributed by atoms with van der Waals surface area (Å²) in [4.78, 5) is 5.01. The Kier molecular flexibility index (Phi) is 5.62. The monoisotopic (exact) mass is 509 g/mol. The van der Waals surface area contributed by atoms with E-state index in [0.29, 0.717) is 19.1 Å². The molecule has 5 heterocycles. The molecule has 5 aromatic rings. The Morgan fingerprint density at radius 3 is 2.45 bits per heavy atom. The molecule has 0 amide bonds. The Balaban J connectivity index is 1.54. The van der Waals surface area contributed by atoms with Crippen LogP contribution in [-0.4, -0.2) is 46.2 Å². The minimum atomic E-state index is -0.953. The summed E-state index contributed by atoms with van der Waals surface area (Å²) < 4.78 is 19.1. The van der Waals surface area contributed by atoms with Gasteiger partial charge < -0.3 is 23.7 Å². The lowest BCUT2D eigenvalue weighted by atomic mass is 9.86. The van der Waals surface area contributed by atoms with Crippen molar-refractivity contribution in [2.75, 3.05) is 26.4 Å². The number of aryl methyl sites for hydroxylation is 2. The highest BCUT2D eigenvalue weighted by molar-refractivity contribution is 6.07. The zero-order chi connectivity index (χ0) is 25.9. The van der Waals surface area contributed by atoms with Crippen LogP contribution in [-0.2, 0) is 15.1 Å². The highest BCUT2D eigenvalue weighted by atomic mass is 16.5. The second-order valence-electron chi connectivity index (χ2n) is 10.7. The van der Waals surface area contributed by atoms with Gasteiger partial charge in [0, 0.05) is 35.9 Å². The molecule has 2 aliphatic heterocycles. The van der Waals surface area contributed by atoms with Crippen molar-refractivity contribution in [1.82, 2.24) is 14.7 Å². The molecule has 2 fully saturated rings. The quantitative estimate of drug-likeness (QED) is 0.328. The van der Waals surface area contributed by atoms with Crippen molar-refractivity contribution in [3.05, 3.63) is 83.4 Å². The van der Waals surface area contributed by atoms with Gasteiger partial charge >= 0.3 is 0 Å². The van der Waals surface area contributed by atoms with Gasteiger partial charge in [0.25, 0.3) is 0 Å². The van der Waals surface area contributed by atoms with Crippen LogP contribution in [0.5, 0.6) is 0 Å². The number of aromatic nitrogens is 3. The maximum absolute atomic E-state index is 11.2. The number of hydrogen-bond donors (Lipinski definition) is 1. The molecule has 0 saturated carbocycles. The number of benzene rings is 2. The van der Waals surface area contributed by atoms with E-state index >= 15 is 0 Å². The van der Waals surface area contributed by atoms with Gasteiger partial charge in [-0.25, -0.2) is 0 Å². The molecule has 2 aromatic carbocycles. The zero-order valence-corrected chi connectivity index (χ0v) is 21.7. The fourth-order valence-corrected chi connectivity index (χ4v) is 6.30. The zero-order valence-electron chi connectivity index (χ0n) is 21.7. The molecule has 7 rings (SSSR count). The number of nitrogens with zero attached hydrogens (tertiary/aromatic N) is 3. The first-order valence-corrected chi connectivity index (χ1v) is 13.3. The fourth-order valence-electron chi connectivity index (χ4n) is 6.30. The van der Waals surface area contributed by atoms with Crippen LogP contribution in [0.15, 0.2) is 65.3 Å². The summed E-state index contributed by atoms with van der Waals surface area (Å²) in [6.07, 6.45) is 3.89. The highest BCUT2D eigenvalue weighted by Gasteiger charge is 2.39. The van der Waals surface area contributed by atoms with Crippen molar-refractivity contribution in [2.45, 2.75) is 38.3 Å². The average molecular weight is 510 g/mol. The molecule has 0 radical (unpaired) electrons. The number of fused-ring (bicyclic) bond motifs is 3. The van der Waals surface area contributed by atoms with Gasteiger partial charge in [0.15, 0.2) is 0 Å². The lowest BCUT2D eigenvalue weighted by Crippen LogP contribution is -2.46. The van der Waals surface area contributed by atoms with Crippen molar-refractivity contribution in [1.29, 1.82) is 0 Å². The van der Waals surface area contributed by atoms with Gasteiger partial charge in [-0.3, -0.25) is 4.98 Å². The smallest absolute Gasteiger partial charge is 0.141 e. The molecule has 1 unspecified atom stereocenters. The van der Waals surface area contributed by atoms with E-state index in [1.165, 1.54) is 5.56 Å². The summed E-state index contributed by atoms with van der Waals surface area (Å²) in [7, 11) is 0. The minimum Gasteiger partial charge on any atom is -0.381 e. The molecular formula is C31H31N3O4. The van der Waals surface area contributed by atoms with E-state index in [9.17, 15) is 5.11 Å². The largest absolute Gasteiger partial charge is 0.381 e. The number of rotatable bonds is 5. The van der Waals surface area contributed by atoms with Crippen molar-refractivity contribution < 1.29 is 19.1 Å². The van der Waals surface area contributed by atoms with E-state index in [1.54, 1.807) is 0 Å². The van der Waals surface area contributed by atoms with E-state index in [-0.39, 0.29) is 6.04 Å². The predicted octanol–water partition coefficient (Wildman–Crippen LogP) is 5.70. The Hall–Kier alpha value is -3.52. The van der Waals surface area contributed by atoms with Gasteiger partial charge in [0.2, 0.25) is 0 Å². The molecular weight excluding hydrogens is 478 g/mol. The normalized spacial score (nSPS) is 18.6. The van der Waals surface area contributed by atoms with Crippen molar-refractivity contribution >= 4 is 21.9 Å². The fraction of sp³-hybridized carbons (Fsp3) is 0.355. The third kappa shape index (κ3) is 3.68. The predicted molar refractivity (Wildman–Crippen MR) is 145 cm³/mol. The van der Waals surface area contributed by atoms with E-state index in [1.807, 2.05) is 26.1 Å². The Morgan fingerprint density at radius 1 is 0.974 bits per heavy atom. The molecule has 3 aromatic heterocycles. The molecule has 7 heteroatoms. The van der Waals surface area contributed by atoms with Crippen molar-refractivity contribution in [3.63, 3.8) is 0 Å². The molecule has 2 aliphatic rings. The highest BCUT2D eigenvalue weighted by Crippen LogP contribution is 2.43. The third-order valence-electron chi connectivity index (χ3n) is 8.31. The van der Waals surface area contributed by atoms with Gasteiger partial charge in [-0.15, -0.1) is 0 Å². The summed E-state index contributed by atoms with van der Waals surface area (Å²) in [5.41, 5.74) is 7.10. The van der Waals surface area contributed by atoms with Crippen LogP contribution in [0, 0.1) is 19.8 Å². The van der Waals surface area contributed by atoms with Gasteiger partial charge in [-0.2, -0.15) is 0 Å². The Labute approximate surface area is 221 Å². The van der Waals surface area contributed by atoms with Gasteiger partial charge in [-0.1, -0.05) is 47.6 Å². The Bertz CT molecular complexity index is 1610. The molecule has 1 N–H and O–H groups in total. The molecule has 0 aliphatic carbocycles. The standard InChI is InChI=1S/C31H31N3O4/c1-19-28(20(2)38-33-19)23-14-27-29(32-16-23)25-9-8-24(31(35)17-37-18-31)15-26(25)34(27)30(21-6-4-3-5-7-21)22-10-12-36-13-11-22/h3-9,14-16,22,30,35H,10-13,17-18H2,1-2H3. The first-order valence-electron chi connectivity index (χ1n) is 13.3.